The molecule has 0 spiro atoms. The maximum atomic E-state index is 12.2. The van der Waals surface area contributed by atoms with Crippen LogP contribution in [0.2, 0.25) is 0 Å². The topological polar surface area (TPSA) is 137 Å². The normalized spacial score (nSPS) is 11.3. The standard InChI is InChI=1S/C20H23N3O6S/c1-22-30(26,27)18-12-14(6-8-17(18)28-2)7-9-20(25)23-15-4-3-5-16(13-15)29-11-10-19(21)24/h3-9,12-13,22H,10-11H2,1-2H3,(H2,21,24)(H,23,25)/b9-7+. The molecule has 0 saturated heterocycles. The minimum atomic E-state index is -3.72. The Labute approximate surface area is 174 Å². The summed E-state index contributed by atoms with van der Waals surface area (Å²) in [4.78, 5) is 22.9. The zero-order valence-electron chi connectivity index (χ0n) is 16.5. The fourth-order valence-electron chi connectivity index (χ4n) is 2.41. The summed E-state index contributed by atoms with van der Waals surface area (Å²) in [5, 5.41) is 2.68. The first-order valence-corrected chi connectivity index (χ1v) is 10.4. The number of carbonyl (C=O) groups is 2. The Morgan fingerprint density at radius 3 is 2.60 bits per heavy atom. The van der Waals surface area contributed by atoms with Gasteiger partial charge >= 0.3 is 0 Å². The highest BCUT2D eigenvalue weighted by molar-refractivity contribution is 7.89. The van der Waals surface area contributed by atoms with E-state index in [1.165, 1.54) is 38.4 Å². The largest absolute Gasteiger partial charge is 0.495 e. The van der Waals surface area contributed by atoms with Gasteiger partial charge in [-0.3, -0.25) is 9.59 Å². The summed E-state index contributed by atoms with van der Waals surface area (Å²) >= 11 is 0. The van der Waals surface area contributed by atoms with Crippen molar-refractivity contribution in [2.24, 2.45) is 5.73 Å². The van der Waals surface area contributed by atoms with Gasteiger partial charge in [0.2, 0.25) is 21.8 Å². The summed E-state index contributed by atoms with van der Waals surface area (Å²) in [7, 11) is -1.04. The van der Waals surface area contributed by atoms with Crippen molar-refractivity contribution in [2.75, 3.05) is 26.1 Å². The molecule has 2 aromatic carbocycles. The van der Waals surface area contributed by atoms with Gasteiger partial charge in [0, 0.05) is 17.8 Å². The number of anilines is 1. The lowest BCUT2D eigenvalue weighted by atomic mass is 10.2. The van der Waals surface area contributed by atoms with Gasteiger partial charge in [-0.25, -0.2) is 13.1 Å². The highest BCUT2D eigenvalue weighted by Gasteiger charge is 2.17. The van der Waals surface area contributed by atoms with E-state index in [-0.39, 0.29) is 23.7 Å². The summed E-state index contributed by atoms with van der Waals surface area (Å²) in [5.41, 5.74) is 6.06. The molecule has 0 bridgehead atoms. The molecule has 0 atom stereocenters. The van der Waals surface area contributed by atoms with Gasteiger partial charge in [0.1, 0.15) is 16.4 Å². The maximum absolute atomic E-state index is 12.2. The van der Waals surface area contributed by atoms with Crippen molar-refractivity contribution in [1.82, 2.24) is 4.72 Å². The second-order valence-electron chi connectivity index (χ2n) is 6.03. The maximum Gasteiger partial charge on any atom is 0.248 e. The monoisotopic (exact) mass is 433 g/mol. The molecule has 0 saturated carbocycles. The summed E-state index contributed by atoms with van der Waals surface area (Å²) in [5.74, 6) is -0.207. The number of hydrogen-bond acceptors (Lipinski definition) is 6. The lowest BCUT2D eigenvalue weighted by Gasteiger charge is -2.09. The smallest absolute Gasteiger partial charge is 0.248 e. The number of nitrogens with two attached hydrogens (primary N) is 1. The van der Waals surface area contributed by atoms with E-state index in [2.05, 4.69) is 10.0 Å². The van der Waals surface area contributed by atoms with E-state index >= 15 is 0 Å². The quantitative estimate of drug-likeness (QED) is 0.486. The van der Waals surface area contributed by atoms with Crippen LogP contribution < -0.4 is 25.2 Å². The molecule has 4 N–H and O–H groups in total. The molecule has 0 unspecified atom stereocenters. The van der Waals surface area contributed by atoms with Crippen molar-refractivity contribution < 1.29 is 27.5 Å². The van der Waals surface area contributed by atoms with Crippen LogP contribution in [0.15, 0.2) is 53.4 Å². The van der Waals surface area contributed by atoms with Crippen LogP contribution in [0.3, 0.4) is 0 Å². The van der Waals surface area contributed by atoms with E-state index in [0.29, 0.717) is 17.0 Å². The van der Waals surface area contributed by atoms with E-state index < -0.39 is 21.8 Å². The molecule has 30 heavy (non-hydrogen) atoms. The van der Waals surface area contributed by atoms with Crippen LogP contribution in [-0.2, 0) is 19.6 Å². The molecule has 0 aliphatic rings. The Kier molecular flexibility index (Phi) is 7.96. The SMILES string of the molecule is CNS(=O)(=O)c1cc(/C=C/C(=O)Nc2cccc(OCCC(N)=O)c2)ccc1OC. The van der Waals surface area contributed by atoms with Crippen LogP contribution in [0, 0.1) is 0 Å². The molecule has 2 amide bonds. The number of primary amides is 1. The average molecular weight is 433 g/mol. The van der Waals surface area contributed by atoms with E-state index in [9.17, 15) is 18.0 Å². The van der Waals surface area contributed by atoms with Crippen LogP contribution in [0.25, 0.3) is 6.08 Å². The zero-order valence-corrected chi connectivity index (χ0v) is 17.4. The Morgan fingerprint density at radius 2 is 1.93 bits per heavy atom. The van der Waals surface area contributed by atoms with Crippen molar-refractivity contribution in [3.8, 4) is 11.5 Å². The first kappa shape index (κ1) is 22.9. The van der Waals surface area contributed by atoms with Gasteiger partial charge in [-0.15, -0.1) is 0 Å². The number of nitrogens with one attached hydrogen (secondary N) is 2. The fraction of sp³-hybridized carbons (Fsp3) is 0.200. The predicted octanol–water partition coefficient (Wildman–Crippen LogP) is 1.51. The van der Waals surface area contributed by atoms with E-state index in [4.69, 9.17) is 15.2 Å². The molecule has 0 aromatic heterocycles. The highest BCUT2D eigenvalue weighted by Crippen LogP contribution is 2.25. The molecule has 2 aromatic rings. The van der Waals surface area contributed by atoms with Crippen molar-refractivity contribution in [3.63, 3.8) is 0 Å². The molecule has 160 valence electrons. The molecule has 0 aliphatic carbocycles. The number of carbonyl (C=O) groups excluding carboxylic acids is 2. The first-order valence-electron chi connectivity index (χ1n) is 8.87. The third-order valence-electron chi connectivity index (χ3n) is 3.89. The minimum Gasteiger partial charge on any atom is -0.495 e. The van der Waals surface area contributed by atoms with Gasteiger partial charge in [-0.05, 0) is 43.0 Å². The minimum absolute atomic E-state index is 0.0316. The van der Waals surface area contributed by atoms with E-state index in [1.807, 2.05) is 0 Å². The average Bonchev–Trinajstić information content (AvgIpc) is 2.72. The molecule has 10 heteroatoms. The number of hydrogen-bond donors (Lipinski definition) is 3. The van der Waals surface area contributed by atoms with Crippen LogP contribution in [0.1, 0.15) is 12.0 Å². The molecular weight excluding hydrogens is 410 g/mol. The Balaban J connectivity index is 2.08. The van der Waals surface area contributed by atoms with Gasteiger partial charge in [0.25, 0.3) is 0 Å². The lowest BCUT2D eigenvalue weighted by Crippen LogP contribution is -2.19. The second kappa shape index (κ2) is 10.4. The van der Waals surface area contributed by atoms with Crippen LogP contribution in [0.4, 0.5) is 5.69 Å². The van der Waals surface area contributed by atoms with Gasteiger partial charge in [0.15, 0.2) is 0 Å². The number of methoxy groups -OCH3 is 1. The van der Waals surface area contributed by atoms with Crippen LogP contribution in [0.5, 0.6) is 11.5 Å². The molecule has 0 aliphatic heterocycles. The molecule has 0 fully saturated rings. The third kappa shape index (κ3) is 6.61. The number of sulfonamides is 1. The van der Waals surface area contributed by atoms with Crippen LogP contribution in [-0.4, -0.2) is 41.0 Å². The second-order valence-corrected chi connectivity index (χ2v) is 7.89. The molecular formula is C20H23N3O6S. The zero-order chi connectivity index (χ0) is 22.1. The highest BCUT2D eigenvalue weighted by atomic mass is 32.2. The number of rotatable bonds is 10. The Hall–Kier alpha value is -3.37. The third-order valence-corrected chi connectivity index (χ3v) is 5.33. The molecule has 0 heterocycles. The summed E-state index contributed by atoms with van der Waals surface area (Å²) in [6.07, 6.45) is 2.85. The van der Waals surface area contributed by atoms with Crippen molar-refractivity contribution in [2.45, 2.75) is 11.3 Å². The predicted molar refractivity (Wildman–Crippen MR) is 113 cm³/mol. The summed E-state index contributed by atoms with van der Waals surface area (Å²) in [6, 6.07) is 11.2. The number of ether oxygens (including phenoxy) is 2. The van der Waals surface area contributed by atoms with E-state index in [1.54, 1.807) is 30.3 Å². The van der Waals surface area contributed by atoms with E-state index in [0.717, 1.165) is 0 Å². The van der Waals surface area contributed by atoms with Gasteiger partial charge in [0.05, 0.1) is 20.1 Å². The van der Waals surface area contributed by atoms with Crippen molar-refractivity contribution >= 4 is 33.6 Å². The van der Waals surface area contributed by atoms with Crippen molar-refractivity contribution in [1.29, 1.82) is 0 Å². The number of amides is 2. The van der Waals surface area contributed by atoms with Gasteiger partial charge in [-0.1, -0.05) is 12.1 Å². The molecule has 2 rings (SSSR count). The Morgan fingerprint density at radius 1 is 1.17 bits per heavy atom. The lowest BCUT2D eigenvalue weighted by molar-refractivity contribution is -0.118. The van der Waals surface area contributed by atoms with Gasteiger partial charge < -0.3 is 20.5 Å². The van der Waals surface area contributed by atoms with Gasteiger partial charge in [-0.2, -0.15) is 0 Å². The molecule has 0 radical (unpaired) electrons. The summed E-state index contributed by atoms with van der Waals surface area (Å²) < 4.78 is 37.0. The molecule has 9 nitrogen and oxygen atoms in total. The van der Waals surface area contributed by atoms with Crippen molar-refractivity contribution in [3.05, 3.63) is 54.1 Å². The fourth-order valence-corrected chi connectivity index (χ4v) is 3.33. The van der Waals surface area contributed by atoms with Crippen LogP contribution >= 0.6 is 0 Å². The first-order chi connectivity index (χ1) is 14.2. The number of benzene rings is 2. The Bertz CT molecular complexity index is 1050. The summed E-state index contributed by atoms with van der Waals surface area (Å²) in [6.45, 7) is 0.141.